The zero-order chi connectivity index (χ0) is 15.4. The number of aromatic carboxylic acids is 1. The van der Waals surface area contributed by atoms with Gasteiger partial charge in [0.25, 0.3) is 0 Å². The summed E-state index contributed by atoms with van der Waals surface area (Å²) in [4.78, 5) is 25.3. The Hall–Kier alpha value is -2.76. The summed E-state index contributed by atoms with van der Waals surface area (Å²) in [6.07, 6.45) is 0. The summed E-state index contributed by atoms with van der Waals surface area (Å²) in [7, 11) is 1.32. The van der Waals surface area contributed by atoms with Gasteiger partial charge in [0.2, 0.25) is 0 Å². The Labute approximate surface area is 121 Å². The molecule has 0 aliphatic heterocycles. The highest BCUT2D eigenvalue weighted by Gasteiger charge is 2.11. The van der Waals surface area contributed by atoms with E-state index in [9.17, 15) is 9.59 Å². The van der Waals surface area contributed by atoms with Crippen LogP contribution in [-0.2, 0) is 11.3 Å². The first-order chi connectivity index (χ1) is 10.0. The number of aromatic nitrogens is 1. The standard InChI is InChI=1S/C15H16N2O4/c1-9-11(14(18)19)4-3-5-12(9)16-8-10-6-7-13(17-10)15(20)21-2/h3-7,16-17H,8H2,1-2H3,(H,18,19). The van der Waals surface area contributed by atoms with Crippen LogP contribution in [0, 0.1) is 6.92 Å². The number of carbonyl (C=O) groups excluding carboxylic acids is 1. The summed E-state index contributed by atoms with van der Waals surface area (Å²) in [6.45, 7) is 2.20. The van der Waals surface area contributed by atoms with Crippen LogP contribution in [0.25, 0.3) is 0 Å². The maximum Gasteiger partial charge on any atom is 0.354 e. The van der Waals surface area contributed by atoms with Gasteiger partial charge in [-0.3, -0.25) is 0 Å². The summed E-state index contributed by atoms with van der Waals surface area (Å²) in [5.41, 5.74) is 2.86. The molecular weight excluding hydrogens is 272 g/mol. The molecule has 21 heavy (non-hydrogen) atoms. The first-order valence-corrected chi connectivity index (χ1v) is 6.36. The lowest BCUT2D eigenvalue weighted by molar-refractivity contribution is 0.0593. The molecule has 6 heteroatoms. The number of nitrogens with one attached hydrogen (secondary N) is 2. The van der Waals surface area contributed by atoms with E-state index in [0.29, 0.717) is 17.8 Å². The van der Waals surface area contributed by atoms with Gasteiger partial charge in [0, 0.05) is 11.4 Å². The van der Waals surface area contributed by atoms with E-state index in [1.807, 2.05) is 6.07 Å². The van der Waals surface area contributed by atoms with Crippen molar-refractivity contribution in [3.8, 4) is 0 Å². The number of benzene rings is 1. The van der Waals surface area contributed by atoms with Crippen LogP contribution in [0.15, 0.2) is 30.3 Å². The number of carboxylic acids is 1. The van der Waals surface area contributed by atoms with Gasteiger partial charge >= 0.3 is 11.9 Å². The topological polar surface area (TPSA) is 91.4 Å². The molecule has 0 atom stereocenters. The van der Waals surface area contributed by atoms with Crippen molar-refractivity contribution >= 4 is 17.6 Å². The highest BCUT2D eigenvalue weighted by atomic mass is 16.5. The van der Waals surface area contributed by atoms with Crippen molar-refractivity contribution in [3.63, 3.8) is 0 Å². The number of carbonyl (C=O) groups is 2. The quantitative estimate of drug-likeness (QED) is 0.735. The van der Waals surface area contributed by atoms with E-state index < -0.39 is 11.9 Å². The second-order valence-electron chi connectivity index (χ2n) is 4.53. The second-order valence-corrected chi connectivity index (χ2v) is 4.53. The number of aromatic amines is 1. The van der Waals surface area contributed by atoms with Crippen LogP contribution in [0.5, 0.6) is 0 Å². The molecule has 1 aromatic carbocycles. The molecule has 6 nitrogen and oxygen atoms in total. The number of methoxy groups -OCH3 is 1. The Bertz CT molecular complexity index is 676. The van der Waals surface area contributed by atoms with Crippen molar-refractivity contribution in [3.05, 3.63) is 52.8 Å². The molecular formula is C15H16N2O4. The lowest BCUT2D eigenvalue weighted by Gasteiger charge is -2.10. The van der Waals surface area contributed by atoms with Crippen molar-refractivity contribution in [2.24, 2.45) is 0 Å². The third kappa shape index (κ3) is 3.22. The van der Waals surface area contributed by atoms with Gasteiger partial charge in [-0.1, -0.05) is 6.07 Å². The number of hydrogen-bond acceptors (Lipinski definition) is 4. The lowest BCUT2D eigenvalue weighted by atomic mass is 10.1. The Kier molecular flexibility index (Phi) is 4.27. The van der Waals surface area contributed by atoms with Crippen molar-refractivity contribution < 1.29 is 19.4 Å². The number of ether oxygens (including phenoxy) is 1. The van der Waals surface area contributed by atoms with E-state index in [0.717, 1.165) is 11.4 Å². The monoisotopic (exact) mass is 288 g/mol. The predicted octanol–water partition coefficient (Wildman–Crippen LogP) is 2.42. The Morgan fingerprint density at radius 3 is 2.71 bits per heavy atom. The first-order valence-electron chi connectivity index (χ1n) is 6.36. The highest BCUT2D eigenvalue weighted by molar-refractivity contribution is 5.91. The molecule has 0 fully saturated rings. The van der Waals surface area contributed by atoms with E-state index >= 15 is 0 Å². The number of carboxylic acid groups (broad SMARTS) is 1. The molecule has 2 aromatic rings. The van der Waals surface area contributed by atoms with E-state index in [1.54, 1.807) is 31.2 Å². The third-order valence-electron chi connectivity index (χ3n) is 3.19. The Balaban J connectivity index is 2.10. The lowest BCUT2D eigenvalue weighted by Crippen LogP contribution is -2.06. The van der Waals surface area contributed by atoms with Crippen LogP contribution >= 0.6 is 0 Å². The molecule has 3 N–H and O–H groups in total. The number of anilines is 1. The average molecular weight is 288 g/mol. The first kappa shape index (κ1) is 14.6. The molecule has 0 radical (unpaired) electrons. The molecule has 0 bridgehead atoms. The van der Waals surface area contributed by atoms with E-state index in [1.165, 1.54) is 7.11 Å². The van der Waals surface area contributed by atoms with Crippen molar-refractivity contribution in [1.82, 2.24) is 4.98 Å². The Morgan fingerprint density at radius 2 is 2.05 bits per heavy atom. The summed E-state index contributed by atoms with van der Waals surface area (Å²) < 4.78 is 4.62. The van der Waals surface area contributed by atoms with Crippen LogP contribution < -0.4 is 5.32 Å². The fourth-order valence-corrected chi connectivity index (χ4v) is 2.02. The van der Waals surface area contributed by atoms with Gasteiger partial charge in [0.1, 0.15) is 5.69 Å². The maximum atomic E-state index is 11.3. The molecule has 0 aliphatic carbocycles. The molecule has 0 spiro atoms. The normalized spacial score (nSPS) is 10.2. The van der Waals surface area contributed by atoms with Gasteiger partial charge in [-0.15, -0.1) is 0 Å². The van der Waals surface area contributed by atoms with Crippen LogP contribution in [0.4, 0.5) is 5.69 Å². The van der Waals surface area contributed by atoms with Gasteiger partial charge < -0.3 is 20.1 Å². The number of H-pyrrole nitrogens is 1. The van der Waals surface area contributed by atoms with Crippen LogP contribution in [0.2, 0.25) is 0 Å². The third-order valence-corrected chi connectivity index (χ3v) is 3.19. The minimum Gasteiger partial charge on any atom is -0.478 e. The molecule has 1 heterocycles. The summed E-state index contributed by atoms with van der Waals surface area (Å²) in [5, 5.41) is 12.2. The van der Waals surface area contributed by atoms with Crippen LogP contribution in [-0.4, -0.2) is 29.1 Å². The fraction of sp³-hybridized carbons (Fsp3) is 0.200. The molecule has 0 saturated heterocycles. The van der Waals surface area contributed by atoms with Gasteiger partial charge in [0.15, 0.2) is 0 Å². The van der Waals surface area contributed by atoms with Crippen molar-refractivity contribution in [2.75, 3.05) is 12.4 Å². The predicted molar refractivity (Wildman–Crippen MR) is 77.6 cm³/mol. The summed E-state index contributed by atoms with van der Waals surface area (Å²) in [5.74, 6) is -1.38. The van der Waals surface area contributed by atoms with Crippen LogP contribution in [0.3, 0.4) is 0 Å². The number of esters is 1. The van der Waals surface area contributed by atoms with E-state index in [-0.39, 0.29) is 5.56 Å². The summed E-state index contributed by atoms with van der Waals surface area (Å²) in [6, 6.07) is 8.48. The zero-order valence-electron chi connectivity index (χ0n) is 11.8. The van der Waals surface area contributed by atoms with Gasteiger partial charge in [-0.25, -0.2) is 9.59 Å². The molecule has 0 amide bonds. The Morgan fingerprint density at radius 1 is 1.29 bits per heavy atom. The maximum absolute atomic E-state index is 11.3. The molecule has 0 unspecified atom stereocenters. The van der Waals surface area contributed by atoms with E-state index in [4.69, 9.17) is 5.11 Å². The minimum atomic E-state index is -0.955. The molecule has 0 aliphatic rings. The number of hydrogen-bond donors (Lipinski definition) is 3. The van der Waals surface area contributed by atoms with Gasteiger partial charge in [-0.05, 0) is 36.8 Å². The minimum absolute atomic E-state index is 0.265. The number of rotatable bonds is 5. The van der Waals surface area contributed by atoms with Crippen molar-refractivity contribution in [2.45, 2.75) is 13.5 Å². The van der Waals surface area contributed by atoms with Crippen LogP contribution in [0.1, 0.15) is 32.1 Å². The van der Waals surface area contributed by atoms with E-state index in [2.05, 4.69) is 15.0 Å². The largest absolute Gasteiger partial charge is 0.478 e. The smallest absolute Gasteiger partial charge is 0.354 e. The zero-order valence-corrected chi connectivity index (χ0v) is 11.8. The summed E-state index contributed by atoms with van der Waals surface area (Å²) >= 11 is 0. The second kappa shape index (κ2) is 6.13. The molecule has 1 aromatic heterocycles. The SMILES string of the molecule is COC(=O)c1ccc(CNc2cccc(C(=O)O)c2C)[nH]1. The highest BCUT2D eigenvalue weighted by Crippen LogP contribution is 2.19. The molecule has 0 saturated carbocycles. The molecule has 2 rings (SSSR count). The molecule has 110 valence electrons. The van der Waals surface area contributed by atoms with Gasteiger partial charge in [-0.2, -0.15) is 0 Å². The van der Waals surface area contributed by atoms with Gasteiger partial charge in [0.05, 0.1) is 19.2 Å². The average Bonchev–Trinajstić information content (AvgIpc) is 2.94. The fourth-order valence-electron chi connectivity index (χ4n) is 2.02. The van der Waals surface area contributed by atoms with Crippen molar-refractivity contribution in [1.29, 1.82) is 0 Å².